The summed E-state index contributed by atoms with van der Waals surface area (Å²) in [5, 5.41) is 10.4. The molecule has 0 bridgehead atoms. The fourth-order valence-corrected chi connectivity index (χ4v) is 3.44. The highest BCUT2D eigenvalue weighted by atomic mass is 32.2. The minimum absolute atomic E-state index is 0.0522. The molecule has 0 saturated carbocycles. The van der Waals surface area contributed by atoms with Crippen LogP contribution >= 0.6 is 23.1 Å². The summed E-state index contributed by atoms with van der Waals surface area (Å²) in [5.74, 6) is 0.826. The third-order valence-electron chi connectivity index (χ3n) is 3.54. The number of hydrogen-bond donors (Lipinski definition) is 0. The zero-order chi connectivity index (χ0) is 17.2. The van der Waals surface area contributed by atoms with Crippen LogP contribution in [0, 0.1) is 0 Å². The number of aromatic nitrogens is 2. The summed E-state index contributed by atoms with van der Waals surface area (Å²) in [6.07, 6.45) is 0. The highest BCUT2D eigenvalue weighted by molar-refractivity contribution is 7.99. The van der Waals surface area contributed by atoms with E-state index in [4.69, 9.17) is 4.42 Å². The van der Waals surface area contributed by atoms with Gasteiger partial charge in [0.15, 0.2) is 5.78 Å². The number of nitrogens with zero attached hydrogens (tertiary/aromatic N) is 2. The molecule has 0 saturated heterocycles. The highest BCUT2D eigenvalue weighted by Crippen LogP contribution is 2.27. The molecule has 3 aromatic rings. The lowest BCUT2D eigenvalue weighted by Crippen LogP contribution is -2.11. The number of rotatable bonds is 5. The van der Waals surface area contributed by atoms with Crippen LogP contribution in [0.25, 0.3) is 10.8 Å². The van der Waals surface area contributed by atoms with Crippen LogP contribution in [-0.2, 0) is 5.41 Å². The average molecular weight is 358 g/mol. The number of thioether (sulfide) groups is 1. The lowest BCUT2D eigenvalue weighted by atomic mass is 9.86. The molecule has 0 spiro atoms. The normalized spacial score (nSPS) is 11.6. The maximum atomic E-state index is 12.3. The largest absolute Gasteiger partial charge is 0.410 e. The average Bonchev–Trinajstić information content (AvgIpc) is 3.23. The molecule has 3 rings (SSSR count). The molecule has 0 unspecified atom stereocenters. The molecule has 6 heteroatoms. The Morgan fingerprint density at radius 2 is 1.92 bits per heavy atom. The second kappa shape index (κ2) is 6.91. The summed E-state index contributed by atoms with van der Waals surface area (Å²) >= 11 is 2.81. The number of carbonyl (C=O) groups excluding carboxylic acids is 1. The summed E-state index contributed by atoms with van der Waals surface area (Å²) in [7, 11) is 0. The van der Waals surface area contributed by atoms with Gasteiger partial charge in [-0.2, -0.15) is 0 Å². The third-order valence-corrected chi connectivity index (χ3v) is 5.21. The summed E-state index contributed by atoms with van der Waals surface area (Å²) in [4.78, 5) is 13.2. The predicted octanol–water partition coefficient (Wildman–Crippen LogP) is 5.07. The van der Waals surface area contributed by atoms with Gasteiger partial charge in [-0.05, 0) is 22.4 Å². The Morgan fingerprint density at radius 3 is 2.54 bits per heavy atom. The highest BCUT2D eigenvalue weighted by Gasteiger charge is 2.15. The van der Waals surface area contributed by atoms with E-state index in [-0.39, 0.29) is 17.0 Å². The number of hydrogen-bond acceptors (Lipinski definition) is 6. The van der Waals surface area contributed by atoms with Crippen LogP contribution in [0.5, 0.6) is 0 Å². The summed E-state index contributed by atoms with van der Waals surface area (Å²) in [6, 6.07) is 11.7. The molecule has 2 heterocycles. The number of thiophene rings is 1. The molecular formula is C18H18N2O2S2. The van der Waals surface area contributed by atoms with E-state index < -0.39 is 0 Å². The van der Waals surface area contributed by atoms with Crippen LogP contribution in [0.15, 0.2) is 51.4 Å². The minimum atomic E-state index is 0.0522. The van der Waals surface area contributed by atoms with E-state index in [1.165, 1.54) is 17.3 Å². The zero-order valence-electron chi connectivity index (χ0n) is 13.8. The SMILES string of the molecule is CC(C)(C)c1ccc(C(=O)CSc2nnc(-c3cccs3)o2)cc1. The molecular weight excluding hydrogens is 340 g/mol. The predicted molar refractivity (Wildman–Crippen MR) is 97.8 cm³/mol. The van der Waals surface area contributed by atoms with Crippen molar-refractivity contribution >= 4 is 28.9 Å². The van der Waals surface area contributed by atoms with E-state index in [1.54, 1.807) is 11.3 Å². The molecule has 0 atom stereocenters. The van der Waals surface area contributed by atoms with Crippen molar-refractivity contribution in [2.24, 2.45) is 0 Å². The number of carbonyl (C=O) groups is 1. The first kappa shape index (κ1) is 16.9. The van der Waals surface area contributed by atoms with Crippen molar-refractivity contribution in [3.05, 3.63) is 52.9 Å². The topological polar surface area (TPSA) is 56.0 Å². The first-order chi connectivity index (χ1) is 11.4. The molecule has 4 nitrogen and oxygen atoms in total. The van der Waals surface area contributed by atoms with Crippen molar-refractivity contribution in [1.82, 2.24) is 10.2 Å². The summed E-state index contributed by atoms with van der Waals surface area (Å²) in [6.45, 7) is 6.46. The molecule has 0 fully saturated rings. The van der Waals surface area contributed by atoms with Gasteiger partial charge in [0.05, 0.1) is 10.6 Å². The molecule has 124 valence electrons. The lowest BCUT2D eigenvalue weighted by molar-refractivity contribution is 0.102. The van der Waals surface area contributed by atoms with Gasteiger partial charge in [-0.1, -0.05) is 62.9 Å². The van der Waals surface area contributed by atoms with Crippen LogP contribution in [0.4, 0.5) is 0 Å². The second-order valence-corrected chi connectivity index (χ2v) is 8.26. The van der Waals surface area contributed by atoms with Crippen LogP contribution < -0.4 is 0 Å². The van der Waals surface area contributed by atoms with Crippen molar-refractivity contribution in [2.45, 2.75) is 31.4 Å². The van der Waals surface area contributed by atoms with E-state index in [9.17, 15) is 4.79 Å². The Bertz CT molecular complexity index is 816. The van der Waals surface area contributed by atoms with Crippen LogP contribution in [0.1, 0.15) is 36.7 Å². The molecule has 0 amide bonds. The maximum Gasteiger partial charge on any atom is 0.277 e. The van der Waals surface area contributed by atoms with Gasteiger partial charge >= 0.3 is 0 Å². The Hall–Kier alpha value is -1.92. The van der Waals surface area contributed by atoms with Crippen molar-refractivity contribution in [2.75, 3.05) is 5.75 Å². The standard InChI is InChI=1S/C18H18N2O2S2/c1-18(2,3)13-8-6-12(7-9-13)14(21)11-24-17-20-19-16(22-17)15-5-4-10-23-15/h4-10H,11H2,1-3H3. The number of ketones is 1. The first-order valence-corrected chi connectivity index (χ1v) is 9.44. The Kier molecular flexibility index (Phi) is 4.87. The van der Waals surface area contributed by atoms with Crippen LogP contribution in [0.2, 0.25) is 0 Å². The monoisotopic (exact) mass is 358 g/mol. The summed E-state index contributed by atoms with van der Waals surface area (Å²) in [5.41, 5.74) is 2.00. The van der Waals surface area contributed by atoms with Gasteiger partial charge in [-0.15, -0.1) is 21.5 Å². The van der Waals surface area contributed by atoms with Gasteiger partial charge in [-0.3, -0.25) is 4.79 Å². The Balaban J connectivity index is 1.61. The fourth-order valence-electron chi connectivity index (χ4n) is 2.13. The van der Waals surface area contributed by atoms with E-state index in [1.807, 2.05) is 41.8 Å². The minimum Gasteiger partial charge on any atom is -0.410 e. The summed E-state index contributed by atoms with van der Waals surface area (Å²) < 4.78 is 5.58. The molecule has 0 N–H and O–H groups in total. The van der Waals surface area contributed by atoms with Gasteiger partial charge < -0.3 is 4.42 Å². The van der Waals surface area contributed by atoms with Gasteiger partial charge in [0, 0.05) is 5.56 Å². The molecule has 2 aromatic heterocycles. The molecule has 0 aliphatic heterocycles. The van der Waals surface area contributed by atoms with Crippen molar-refractivity contribution in [3.63, 3.8) is 0 Å². The van der Waals surface area contributed by atoms with Gasteiger partial charge in [-0.25, -0.2) is 0 Å². The molecule has 24 heavy (non-hydrogen) atoms. The van der Waals surface area contributed by atoms with Crippen molar-refractivity contribution in [1.29, 1.82) is 0 Å². The molecule has 1 aromatic carbocycles. The molecule has 0 aliphatic carbocycles. The van der Waals surface area contributed by atoms with Crippen LogP contribution in [-0.4, -0.2) is 21.7 Å². The Labute approximate surface area is 149 Å². The molecule has 0 radical (unpaired) electrons. The van der Waals surface area contributed by atoms with E-state index in [0.717, 1.165) is 4.88 Å². The Morgan fingerprint density at radius 1 is 1.17 bits per heavy atom. The van der Waals surface area contributed by atoms with Crippen molar-refractivity contribution < 1.29 is 9.21 Å². The quantitative estimate of drug-likeness (QED) is 0.471. The second-order valence-electron chi connectivity index (χ2n) is 6.39. The maximum absolute atomic E-state index is 12.3. The van der Waals surface area contributed by atoms with Crippen molar-refractivity contribution in [3.8, 4) is 10.8 Å². The number of benzene rings is 1. The first-order valence-electron chi connectivity index (χ1n) is 7.57. The third kappa shape index (κ3) is 3.94. The lowest BCUT2D eigenvalue weighted by Gasteiger charge is -2.18. The van der Waals surface area contributed by atoms with Gasteiger partial charge in [0.1, 0.15) is 0 Å². The van der Waals surface area contributed by atoms with E-state index in [0.29, 0.717) is 16.7 Å². The van der Waals surface area contributed by atoms with Gasteiger partial charge in [0.2, 0.25) is 0 Å². The fraction of sp³-hybridized carbons (Fsp3) is 0.278. The van der Waals surface area contributed by atoms with Crippen LogP contribution in [0.3, 0.4) is 0 Å². The zero-order valence-corrected chi connectivity index (χ0v) is 15.4. The number of Topliss-reactive ketones (excluding diaryl/α,β-unsaturated/α-hetero) is 1. The van der Waals surface area contributed by atoms with Gasteiger partial charge in [0.25, 0.3) is 11.1 Å². The van der Waals surface area contributed by atoms with E-state index >= 15 is 0 Å². The smallest absolute Gasteiger partial charge is 0.277 e. The van der Waals surface area contributed by atoms with E-state index in [2.05, 4.69) is 31.0 Å². The molecule has 0 aliphatic rings.